The van der Waals surface area contributed by atoms with Crippen molar-refractivity contribution in [3.8, 4) is 0 Å². The SMILES string of the molecule is CCOCCN1CCC=N1. The van der Waals surface area contributed by atoms with Gasteiger partial charge in [0.2, 0.25) is 0 Å². The van der Waals surface area contributed by atoms with Gasteiger partial charge in [0.25, 0.3) is 0 Å². The molecule has 3 heteroatoms. The molecule has 0 aromatic carbocycles. The van der Waals surface area contributed by atoms with Gasteiger partial charge in [-0.1, -0.05) is 0 Å². The van der Waals surface area contributed by atoms with Gasteiger partial charge < -0.3 is 4.74 Å². The van der Waals surface area contributed by atoms with E-state index in [0.717, 1.165) is 32.7 Å². The van der Waals surface area contributed by atoms with Crippen molar-refractivity contribution in [1.82, 2.24) is 5.01 Å². The highest BCUT2D eigenvalue weighted by Gasteiger charge is 2.03. The van der Waals surface area contributed by atoms with Crippen LogP contribution < -0.4 is 0 Å². The van der Waals surface area contributed by atoms with E-state index in [4.69, 9.17) is 4.74 Å². The maximum Gasteiger partial charge on any atom is 0.0658 e. The summed E-state index contributed by atoms with van der Waals surface area (Å²) in [7, 11) is 0. The van der Waals surface area contributed by atoms with E-state index in [1.54, 1.807) is 0 Å². The van der Waals surface area contributed by atoms with E-state index >= 15 is 0 Å². The van der Waals surface area contributed by atoms with Gasteiger partial charge in [-0.2, -0.15) is 5.10 Å². The normalized spacial score (nSPS) is 16.7. The minimum atomic E-state index is 0.799. The first kappa shape index (κ1) is 7.54. The molecule has 0 saturated carbocycles. The number of nitrogens with zero attached hydrogens (tertiary/aromatic N) is 2. The Hall–Kier alpha value is -0.570. The standard InChI is InChI=1S/C7H14N2O/c1-2-10-7-6-9-5-3-4-8-9/h4H,2-3,5-7H2,1H3. The molecule has 0 radical (unpaired) electrons. The Kier molecular flexibility index (Phi) is 3.22. The fourth-order valence-corrected chi connectivity index (χ4v) is 0.921. The quantitative estimate of drug-likeness (QED) is 0.540. The van der Waals surface area contributed by atoms with Crippen molar-refractivity contribution < 1.29 is 4.74 Å². The zero-order chi connectivity index (χ0) is 7.23. The third-order valence-corrected chi connectivity index (χ3v) is 1.46. The molecular weight excluding hydrogens is 128 g/mol. The van der Waals surface area contributed by atoms with Gasteiger partial charge >= 0.3 is 0 Å². The molecule has 0 spiro atoms. The van der Waals surface area contributed by atoms with Crippen LogP contribution >= 0.6 is 0 Å². The van der Waals surface area contributed by atoms with Crippen LogP contribution in [0.4, 0.5) is 0 Å². The molecule has 0 aromatic rings. The molecule has 10 heavy (non-hydrogen) atoms. The molecular formula is C7H14N2O. The summed E-state index contributed by atoms with van der Waals surface area (Å²) in [5.74, 6) is 0. The average molecular weight is 142 g/mol. The van der Waals surface area contributed by atoms with Gasteiger partial charge in [-0.15, -0.1) is 0 Å². The zero-order valence-electron chi connectivity index (χ0n) is 6.42. The number of hydrazone groups is 1. The number of hydrogen-bond donors (Lipinski definition) is 0. The van der Waals surface area contributed by atoms with Crippen LogP contribution in [-0.4, -0.2) is 37.5 Å². The highest BCUT2D eigenvalue weighted by molar-refractivity contribution is 5.58. The summed E-state index contributed by atoms with van der Waals surface area (Å²) in [6.07, 6.45) is 3.04. The number of hydrogen-bond acceptors (Lipinski definition) is 3. The second-order valence-electron chi connectivity index (χ2n) is 2.24. The zero-order valence-corrected chi connectivity index (χ0v) is 6.42. The molecule has 0 N–H and O–H groups in total. The first-order valence-electron chi connectivity index (χ1n) is 3.78. The lowest BCUT2D eigenvalue weighted by Gasteiger charge is -2.12. The van der Waals surface area contributed by atoms with Crippen LogP contribution in [0.1, 0.15) is 13.3 Å². The fraction of sp³-hybridized carbons (Fsp3) is 0.857. The maximum atomic E-state index is 5.18. The van der Waals surface area contributed by atoms with Crippen LogP contribution in [0.25, 0.3) is 0 Å². The van der Waals surface area contributed by atoms with Crippen molar-refractivity contribution >= 4 is 6.21 Å². The molecule has 0 aromatic heterocycles. The summed E-state index contributed by atoms with van der Waals surface area (Å²) >= 11 is 0. The number of ether oxygens (including phenoxy) is 1. The smallest absolute Gasteiger partial charge is 0.0658 e. The van der Waals surface area contributed by atoms with Crippen molar-refractivity contribution in [2.24, 2.45) is 5.10 Å². The second kappa shape index (κ2) is 4.28. The molecule has 1 aliphatic rings. The van der Waals surface area contributed by atoms with E-state index < -0.39 is 0 Å². The largest absolute Gasteiger partial charge is 0.380 e. The Morgan fingerprint density at radius 3 is 3.20 bits per heavy atom. The maximum absolute atomic E-state index is 5.18. The van der Waals surface area contributed by atoms with Gasteiger partial charge in [0.1, 0.15) is 0 Å². The van der Waals surface area contributed by atoms with Crippen molar-refractivity contribution in [3.63, 3.8) is 0 Å². The van der Waals surface area contributed by atoms with Gasteiger partial charge in [-0.3, -0.25) is 5.01 Å². The third kappa shape index (κ3) is 2.35. The van der Waals surface area contributed by atoms with Crippen molar-refractivity contribution in [3.05, 3.63) is 0 Å². The van der Waals surface area contributed by atoms with Crippen molar-refractivity contribution in [1.29, 1.82) is 0 Å². The molecule has 0 fully saturated rings. The summed E-state index contributed by atoms with van der Waals surface area (Å²) in [6.45, 7) is 5.61. The topological polar surface area (TPSA) is 24.8 Å². The highest BCUT2D eigenvalue weighted by atomic mass is 16.5. The Labute approximate surface area is 61.7 Å². The third-order valence-electron chi connectivity index (χ3n) is 1.46. The molecule has 1 heterocycles. The van der Waals surface area contributed by atoms with E-state index in [1.165, 1.54) is 0 Å². The van der Waals surface area contributed by atoms with Crippen LogP contribution in [0.5, 0.6) is 0 Å². The van der Waals surface area contributed by atoms with E-state index in [0.29, 0.717) is 0 Å². The lowest BCUT2D eigenvalue weighted by molar-refractivity contribution is 0.119. The summed E-state index contributed by atoms with van der Waals surface area (Å²) in [5, 5.41) is 6.17. The predicted molar refractivity (Wildman–Crippen MR) is 41.2 cm³/mol. The second-order valence-corrected chi connectivity index (χ2v) is 2.24. The average Bonchev–Trinajstić information content (AvgIpc) is 2.41. The molecule has 0 amide bonds. The molecule has 1 rings (SSSR count). The van der Waals surface area contributed by atoms with Gasteiger partial charge in [0.15, 0.2) is 0 Å². The summed E-state index contributed by atoms with van der Waals surface area (Å²) in [4.78, 5) is 0. The predicted octanol–water partition coefficient (Wildman–Crippen LogP) is 0.714. The minimum absolute atomic E-state index is 0.799. The van der Waals surface area contributed by atoms with Crippen LogP contribution in [0.15, 0.2) is 5.10 Å². The fourth-order valence-electron chi connectivity index (χ4n) is 0.921. The highest BCUT2D eigenvalue weighted by Crippen LogP contribution is 1.97. The lowest BCUT2D eigenvalue weighted by Crippen LogP contribution is -2.19. The number of rotatable bonds is 4. The molecule has 0 atom stereocenters. The first-order chi connectivity index (χ1) is 4.93. The molecule has 1 aliphatic heterocycles. The van der Waals surface area contributed by atoms with E-state index in [2.05, 4.69) is 5.10 Å². The van der Waals surface area contributed by atoms with Crippen LogP contribution in [-0.2, 0) is 4.74 Å². The van der Waals surface area contributed by atoms with Crippen molar-refractivity contribution in [2.45, 2.75) is 13.3 Å². The summed E-state index contributed by atoms with van der Waals surface area (Å²) in [5.41, 5.74) is 0. The lowest BCUT2D eigenvalue weighted by atomic mass is 10.5. The molecule has 0 aliphatic carbocycles. The molecule has 0 saturated heterocycles. The Morgan fingerprint density at radius 1 is 1.70 bits per heavy atom. The monoisotopic (exact) mass is 142 g/mol. The van der Waals surface area contributed by atoms with Gasteiger partial charge in [-0.05, 0) is 6.92 Å². The van der Waals surface area contributed by atoms with Crippen LogP contribution in [0, 0.1) is 0 Å². The van der Waals surface area contributed by atoms with Crippen LogP contribution in [0.2, 0.25) is 0 Å². The van der Waals surface area contributed by atoms with Gasteiger partial charge in [0, 0.05) is 25.8 Å². The molecule has 58 valence electrons. The summed E-state index contributed by atoms with van der Waals surface area (Å²) in [6, 6.07) is 0. The Bertz CT molecular complexity index is 114. The first-order valence-corrected chi connectivity index (χ1v) is 3.78. The Morgan fingerprint density at radius 2 is 2.60 bits per heavy atom. The molecule has 0 unspecified atom stereocenters. The molecule has 0 bridgehead atoms. The summed E-state index contributed by atoms with van der Waals surface area (Å²) < 4.78 is 5.18. The van der Waals surface area contributed by atoms with E-state index in [1.807, 2.05) is 18.1 Å². The Balaban J connectivity index is 1.97. The molecule has 3 nitrogen and oxygen atoms in total. The van der Waals surface area contributed by atoms with E-state index in [-0.39, 0.29) is 0 Å². The van der Waals surface area contributed by atoms with E-state index in [9.17, 15) is 0 Å². The minimum Gasteiger partial charge on any atom is -0.380 e. The van der Waals surface area contributed by atoms with Gasteiger partial charge in [-0.25, -0.2) is 0 Å². The van der Waals surface area contributed by atoms with Crippen molar-refractivity contribution in [2.75, 3.05) is 26.3 Å². The van der Waals surface area contributed by atoms with Gasteiger partial charge in [0.05, 0.1) is 13.2 Å². The van der Waals surface area contributed by atoms with Crippen LogP contribution in [0.3, 0.4) is 0 Å².